The molecule has 5 nitrogen and oxygen atoms in total. The van der Waals surface area contributed by atoms with Gasteiger partial charge < -0.3 is 0 Å². The second-order valence-electron chi connectivity index (χ2n) is 2.78. The predicted molar refractivity (Wildman–Crippen MR) is 57.7 cm³/mol. The Labute approximate surface area is 89.8 Å². The van der Waals surface area contributed by atoms with Gasteiger partial charge in [0.2, 0.25) is 4.33 Å². The lowest BCUT2D eigenvalue weighted by atomic mass is 10.3. The summed E-state index contributed by atoms with van der Waals surface area (Å²) >= 11 is 5.21. The zero-order valence-electron chi connectivity index (χ0n) is 6.95. The number of thiol groups is 1. The quantitative estimate of drug-likeness (QED) is 0.328. The van der Waals surface area contributed by atoms with E-state index in [1.807, 2.05) is 0 Å². The molecule has 2 rings (SSSR count). The molecule has 0 saturated carbocycles. The highest BCUT2D eigenvalue weighted by atomic mass is 32.2. The number of hydrogen-bond donors (Lipinski definition) is 2. The van der Waals surface area contributed by atoms with Crippen LogP contribution >= 0.6 is 24.4 Å². The lowest BCUT2D eigenvalue weighted by Gasteiger charge is -2.20. The van der Waals surface area contributed by atoms with Gasteiger partial charge in [-0.1, -0.05) is 28.9 Å². The maximum Gasteiger partial charge on any atom is 0.249 e. The number of nitrogens with two attached hydrogens (primary N) is 1. The molecule has 14 heavy (non-hydrogen) atoms. The Morgan fingerprint density at radius 1 is 1.57 bits per heavy atom. The number of rotatable bonds is 1. The standard InChI is InChI=1S/C7H7N3O2S2/c8-7(13)9(10(11)12)5-3-1-2-4-6(5)14-7/h1-4,13H,8H2. The first kappa shape index (κ1) is 9.63. The van der Waals surface area contributed by atoms with E-state index in [1.54, 1.807) is 24.3 Å². The Morgan fingerprint density at radius 3 is 2.86 bits per heavy atom. The summed E-state index contributed by atoms with van der Waals surface area (Å²) < 4.78 is -1.31. The average Bonchev–Trinajstić information content (AvgIpc) is 2.33. The molecule has 0 saturated heterocycles. The molecule has 0 bridgehead atoms. The summed E-state index contributed by atoms with van der Waals surface area (Å²) in [6.45, 7) is 0. The molecule has 2 N–H and O–H groups in total. The van der Waals surface area contributed by atoms with Crippen molar-refractivity contribution >= 4 is 30.1 Å². The van der Waals surface area contributed by atoms with Gasteiger partial charge >= 0.3 is 0 Å². The number of nitrogens with zero attached hydrogens (tertiary/aromatic N) is 2. The molecule has 0 spiro atoms. The monoisotopic (exact) mass is 229 g/mol. The molecule has 74 valence electrons. The van der Waals surface area contributed by atoms with Gasteiger partial charge in [-0.3, -0.25) is 5.73 Å². The van der Waals surface area contributed by atoms with Gasteiger partial charge in [0, 0.05) is 4.90 Å². The number of hydrogen-bond acceptors (Lipinski definition) is 5. The van der Waals surface area contributed by atoms with E-state index in [0.717, 1.165) is 21.7 Å². The predicted octanol–water partition coefficient (Wildman–Crippen LogP) is 1.29. The van der Waals surface area contributed by atoms with E-state index in [1.165, 1.54) is 0 Å². The summed E-state index contributed by atoms with van der Waals surface area (Å²) in [5.41, 5.74) is 6.17. The van der Waals surface area contributed by atoms with Crippen molar-refractivity contribution in [1.29, 1.82) is 0 Å². The van der Waals surface area contributed by atoms with Crippen LogP contribution in [-0.2, 0) is 0 Å². The molecule has 1 aromatic carbocycles. The summed E-state index contributed by atoms with van der Waals surface area (Å²) in [5, 5.41) is 11.1. The molecule has 7 heteroatoms. The lowest BCUT2D eigenvalue weighted by Crippen LogP contribution is -2.49. The molecule has 1 unspecified atom stereocenters. The van der Waals surface area contributed by atoms with E-state index in [0.29, 0.717) is 5.69 Å². The molecule has 1 heterocycles. The van der Waals surface area contributed by atoms with E-state index in [9.17, 15) is 10.1 Å². The number of para-hydroxylation sites is 1. The van der Waals surface area contributed by atoms with Gasteiger partial charge in [-0.25, -0.2) is 10.1 Å². The largest absolute Gasteiger partial charge is 0.286 e. The van der Waals surface area contributed by atoms with Gasteiger partial charge in [0.25, 0.3) is 0 Å². The van der Waals surface area contributed by atoms with Crippen LogP contribution in [-0.4, -0.2) is 9.36 Å². The Morgan fingerprint density at radius 2 is 2.21 bits per heavy atom. The van der Waals surface area contributed by atoms with Crippen molar-refractivity contribution in [3.63, 3.8) is 0 Å². The third kappa shape index (κ3) is 1.33. The normalized spacial score (nSPS) is 24.9. The first-order valence-electron chi connectivity index (χ1n) is 3.76. The molecule has 0 radical (unpaired) electrons. The number of hydrazine groups is 1. The summed E-state index contributed by atoms with van der Waals surface area (Å²) in [7, 11) is 0. The average molecular weight is 229 g/mol. The van der Waals surface area contributed by atoms with Crippen molar-refractivity contribution in [2.75, 3.05) is 5.01 Å². The number of anilines is 1. The number of fused-ring (bicyclic) bond motifs is 1. The van der Waals surface area contributed by atoms with Crippen LogP contribution in [0.1, 0.15) is 0 Å². The van der Waals surface area contributed by atoms with Crippen molar-refractivity contribution in [2.24, 2.45) is 5.73 Å². The maximum atomic E-state index is 10.8. The molecule has 0 fully saturated rings. The van der Waals surface area contributed by atoms with Crippen LogP contribution in [0.4, 0.5) is 5.69 Å². The van der Waals surface area contributed by atoms with Gasteiger partial charge in [-0.05, 0) is 12.1 Å². The molecule has 1 atom stereocenters. The van der Waals surface area contributed by atoms with Crippen LogP contribution in [0.15, 0.2) is 29.2 Å². The Balaban J connectivity index is 2.53. The molecule has 0 amide bonds. The van der Waals surface area contributed by atoms with Crippen LogP contribution in [0.25, 0.3) is 0 Å². The second-order valence-corrected chi connectivity index (χ2v) is 5.03. The number of benzene rings is 1. The Bertz CT molecular complexity index is 396. The third-order valence-electron chi connectivity index (χ3n) is 1.82. The molecule has 1 aromatic rings. The van der Waals surface area contributed by atoms with Crippen molar-refractivity contribution in [2.45, 2.75) is 9.22 Å². The highest BCUT2D eigenvalue weighted by molar-refractivity contribution is 8.12. The fourth-order valence-corrected chi connectivity index (χ4v) is 2.76. The van der Waals surface area contributed by atoms with E-state index in [2.05, 4.69) is 12.6 Å². The minimum Gasteiger partial charge on any atom is -0.286 e. The van der Waals surface area contributed by atoms with Crippen LogP contribution in [0.5, 0.6) is 0 Å². The van der Waals surface area contributed by atoms with Crippen molar-refractivity contribution in [1.82, 2.24) is 0 Å². The Kier molecular flexibility index (Phi) is 2.09. The van der Waals surface area contributed by atoms with Gasteiger partial charge in [-0.2, -0.15) is 0 Å². The summed E-state index contributed by atoms with van der Waals surface area (Å²) in [5.74, 6) is 0. The van der Waals surface area contributed by atoms with Gasteiger partial charge in [0.1, 0.15) is 5.69 Å². The van der Waals surface area contributed by atoms with E-state index >= 15 is 0 Å². The zero-order valence-corrected chi connectivity index (χ0v) is 8.66. The molecule has 1 aliphatic heterocycles. The van der Waals surface area contributed by atoms with Crippen molar-refractivity contribution in [3.05, 3.63) is 34.4 Å². The number of nitro groups is 1. The first-order chi connectivity index (χ1) is 6.52. The van der Waals surface area contributed by atoms with Crippen LogP contribution in [0.2, 0.25) is 0 Å². The Hall–Kier alpha value is -0.920. The second kappa shape index (κ2) is 3.04. The highest BCUT2D eigenvalue weighted by Crippen LogP contribution is 2.48. The van der Waals surface area contributed by atoms with E-state index in [-0.39, 0.29) is 0 Å². The smallest absolute Gasteiger partial charge is 0.249 e. The molecular weight excluding hydrogens is 222 g/mol. The fourth-order valence-electron chi connectivity index (χ4n) is 1.30. The van der Waals surface area contributed by atoms with E-state index < -0.39 is 9.36 Å². The zero-order chi connectivity index (χ0) is 10.3. The van der Waals surface area contributed by atoms with Crippen LogP contribution in [0, 0.1) is 10.1 Å². The first-order valence-corrected chi connectivity index (χ1v) is 5.02. The van der Waals surface area contributed by atoms with Crippen molar-refractivity contribution in [3.8, 4) is 0 Å². The SMILES string of the molecule is NC1(S)Sc2ccccc2N1[N+](=O)[O-]. The van der Waals surface area contributed by atoms with Crippen LogP contribution in [0.3, 0.4) is 0 Å². The topological polar surface area (TPSA) is 72.4 Å². The fraction of sp³-hybridized carbons (Fsp3) is 0.143. The molecule has 0 aliphatic carbocycles. The minimum absolute atomic E-state index is 0.486. The van der Waals surface area contributed by atoms with Crippen molar-refractivity contribution < 1.29 is 5.03 Å². The number of thioether (sulfide) groups is 1. The molecule has 1 aliphatic rings. The summed E-state index contributed by atoms with van der Waals surface area (Å²) in [6.07, 6.45) is 0. The maximum absolute atomic E-state index is 10.8. The van der Waals surface area contributed by atoms with Gasteiger partial charge in [0.05, 0.1) is 0 Å². The van der Waals surface area contributed by atoms with Gasteiger partial charge in [-0.15, -0.1) is 12.6 Å². The third-order valence-corrected chi connectivity index (χ3v) is 3.32. The lowest BCUT2D eigenvalue weighted by molar-refractivity contribution is -0.498. The van der Waals surface area contributed by atoms with Gasteiger partial charge in [0.15, 0.2) is 5.03 Å². The molecular formula is C7H7N3O2S2. The molecule has 0 aromatic heterocycles. The van der Waals surface area contributed by atoms with Crippen LogP contribution < -0.4 is 10.7 Å². The summed E-state index contributed by atoms with van der Waals surface area (Å²) in [4.78, 5) is 11.5. The minimum atomic E-state index is -1.31. The summed E-state index contributed by atoms with van der Waals surface area (Å²) in [6, 6.07) is 6.96. The highest BCUT2D eigenvalue weighted by Gasteiger charge is 2.46. The van der Waals surface area contributed by atoms with E-state index in [4.69, 9.17) is 5.73 Å².